The summed E-state index contributed by atoms with van der Waals surface area (Å²) >= 11 is 0. The van der Waals surface area contributed by atoms with Gasteiger partial charge in [-0.1, -0.05) is 17.7 Å². The molecule has 0 amide bonds. The van der Waals surface area contributed by atoms with E-state index in [4.69, 9.17) is 0 Å². The molecule has 0 aliphatic carbocycles. The summed E-state index contributed by atoms with van der Waals surface area (Å²) in [5.41, 5.74) is 0.622. The molecule has 1 unspecified atom stereocenters. The van der Waals surface area contributed by atoms with Gasteiger partial charge in [0.05, 0.1) is 4.90 Å². The lowest BCUT2D eigenvalue weighted by molar-refractivity contribution is 0.431. The lowest BCUT2D eigenvalue weighted by atomic mass is 9.99. The number of hydrogen-bond donors (Lipinski definition) is 1. The third-order valence-corrected chi connectivity index (χ3v) is 6.18. The molecule has 3 rings (SSSR count). The Morgan fingerprint density at radius 2 is 2.00 bits per heavy atom. The first-order valence-corrected chi connectivity index (χ1v) is 10.3. The molecule has 0 saturated carbocycles. The molecule has 1 N–H and O–H groups in total. The van der Waals surface area contributed by atoms with Gasteiger partial charge in [0.25, 0.3) is 0 Å². The lowest BCUT2D eigenvalue weighted by Crippen LogP contribution is -2.31. The van der Waals surface area contributed by atoms with E-state index in [-0.39, 0.29) is 16.5 Å². The first-order valence-electron chi connectivity index (χ1n) is 8.60. The van der Waals surface area contributed by atoms with Gasteiger partial charge in [-0.15, -0.1) is 0 Å². The van der Waals surface area contributed by atoms with Crippen molar-refractivity contribution in [2.75, 3.05) is 13.1 Å². The van der Waals surface area contributed by atoms with Crippen molar-refractivity contribution in [3.05, 3.63) is 46.1 Å². The van der Waals surface area contributed by atoms with E-state index < -0.39 is 15.7 Å². The molecule has 1 aliphatic heterocycles. The molecular formula is C17H24N4O3S. The lowest BCUT2D eigenvalue weighted by Gasteiger charge is -2.21. The van der Waals surface area contributed by atoms with Crippen molar-refractivity contribution in [1.82, 2.24) is 19.7 Å². The van der Waals surface area contributed by atoms with E-state index in [2.05, 4.69) is 10.4 Å². The quantitative estimate of drug-likeness (QED) is 0.863. The SMILES string of the molecule is CCn1c(C2CCCNC2)nn(CS(=O)(=O)c2ccc(C)cc2)c1=O. The van der Waals surface area contributed by atoms with Crippen molar-refractivity contribution in [2.45, 2.75) is 49.9 Å². The first-order chi connectivity index (χ1) is 11.9. The van der Waals surface area contributed by atoms with E-state index in [1.165, 1.54) is 0 Å². The second-order valence-electron chi connectivity index (χ2n) is 6.48. The molecule has 1 aliphatic rings. The van der Waals surface area contributed by atoms with Gasteiger partial charge in [-0.3, -0.25) is 4.57 Å². The molecule has 1 atom stereocenters. The number of sulfone groups is 1. The number of nitrogens with zero attached hydrogens (tertiary/aromatic N) is 3. The molecule has 8 heteroatoms. The van der Waals surface area contributed by atoms with Crippen LogP contribution < -0.4 is 11.0 Å². The van der Waals surface area contributed by atoms with Gasteiger partial charge in [-0.05, 0) is 45.4 Å². The van der Waals surface area contributed by atoms with E-state index in [1.807, 2.05) is 13.8 Å². The van der Waals surface area contributed by atoms with Crippen molar-refractivity contribution < 1.29 is 8.42 Å². The Morgan fingerprint density at radius 1 is 1.28 bits per heavy atom. The molecule has 0 bridgehead atoms. The summed E-state index contributed by atoms with van der Waals surface area (Å²) in [5, 5.41) is 7.69. The minimum absolute atomic E-state index is 0.143. The molecule has 7 nitrogen and oxygen atoms in total. The third-order valence-electron chi connectivity index (χ3n) is 4.60. The Labute approximate surface area is 147 Å². The summed E-state index contributed by atoms with van der Waals surface area (Å²) in [6, 6.07) is 6.63. The van der Waals surface area contributed by atoms with Gasteiger partial charge in [0.2, 0.25) is 0 Å². The zero-order valence-electron chi connectivity index (χ0n) is 14.6. The predicted molar refractivity (Wildman–Crippen MR) is 95.4 cm³/mol. The topological polar surface area (TPSA) is 86.0 Å². The summed E-state index contributed by atoms with van der Waals surface area (Å²) in [6.07, 6.45) is 1.98. The van der Waals surface area contributed by atoms with E-state index in [0.29, 0.717) is 12.4 Å². The standard InChI is InChI=1S/C17H24N4O3S/c1-3-20-16(14-5-4-10-18-11-14)19-21(17(20)22)12-25(23,24)15-8-6-13(2)7-9-15/h6-9,14,18H,3-5,10-12H2,1-2H3. The molecule has 25 heavy (non-hydrogen) atoms. The van der Waals surface area contributed by atoms with E-state index >= 15 is 0 Å². The zero-order chi connectivity index (χ0) is 18.0. The molecule has 2 aromatic rings. The van der Waals surface area contributed by atoms with E-state index in [1.54, 1.807) is 28.8 Å². The van der Waals surface area contributed by atoms with Crippen molar-refractivity contribution in [1.29, 1.82) is 0 Å². The minimum Gasteiger partial charge on any atom is -0.316 e. The average Bonchev–Trinajstić information content (AvgIpc) is 2.91. The van der Waals surface area contributed by atoms with Crippen molar-refractivity contribution in [3.8, 4) is 0 Å². The fourth-order valence-corrected chi connectivity index (χ4v) is 4.38. The largest absolute Gasteiger partial charge is 0.346 e. The van der Waals surface area contributed by atoms with Gasteiger partial charge in [-0.25, -0.2) is 13.2 Å². The number of rotatable bonds is 5. The van der Waals surface area contributed by atoms with E-state index in [9.17, 15) is 13.2 Å². The Balaban J connectivity index is 1.93. The van der Waals surface area contributed by atoms with Crippen LogP contribution in [-0.2, 0) is 22.3 Å². The van der Waals surface area contributed by atoms with Crippen LogP contribution in [0.15, 0.2) is 34.0 Å². The molecule has 136 valence electrons. The van der Waals surface area contributed by atoms with Crippen molar-refractivity contribution in [2.24, 2.45) is 0 Å². The molecule has 1 aromatic carbocycles. The minimum atomic E-state index is -3.62. The van der Waals surface area contributed by atoms with Gasteiger partial charge < -0.3 is 5.32 Å². The van der Waals surface area contributed by atoms with Crippen LogP contribution in [-0.4, -0.2) is 35.9 Å². The Hall–Kier alpha value is -1.93. The van der Waals surface area contributed by atoms with Crippen LogP contribution in [0.4, 0.5) is 0 Å². The van der Waals surface area contributed by atoms with Crippen LogP contribution >= 0.6 is 0 Å². The number of hydrogen-bond acceptors (Lipinski definition) is 5. The maximum Gasteiger partial charge on any atom is 0.346 e. The fourth-order valence-electron chi connectivity index (χ4n) is 3.19. The second kappa shape index (κ2) is 7.13. The van der Waals surface area contributed by atoms with Gasteiger partial charge in [0.15, 0.2) is 15.7 Å². The van der Waals surface area contributed by atoms with Crippen molar-refractivity contribution in [3.63, 3.8) is 0 Å². The van der Waals surface area contributed by atoms with Crippen LogP contribution in [0.3, 0.4) is 0 Å². The van der Waals surface area contributed by atoms with Crippen LogP contribution in [0.25, 0.3) is 0 Å². The van der Waals surface area contributed by atoms with Crippen LogP contribution in [0, 0.1) is 6.92 Å². The highest BCUT2D eigenvalue weighted by atomic mass is 32.2. The zero-order valence-corrected chi connectivity index (χ0v) is 15.4. The van der Waals surface area contributed by atoms with E-state index in [0.717, 1.165) is 36.2 Å². The Morgan fingerprint density at radius 3 is 2.60 bits per heavy atom. The summed E-state index contributed by atoms with van der Waals surface area (Å²) in [6.45, 7) is 5.99. The number of aryl methyl sites for hydroxylation is 1. The maximum absolute atomic E-state index is 12.6. The number of nitrogens with one attached hydrogen (secondary N) is 1. The molecule has 1 saturated heterocycles. The fraction of sp³-hybridized carbons (Fsp3) is 0.529. The van der Waals surface area contributed by atoms with Crippen LogP contribution in [0.5, 0.6) is 0 Å². The maximum atomic E-state index is 12.6. The Kier molecular flexibility index (Phi) is 5.10. The van der Waals surface area contributed by atoms with Crippen LogP contribution in [0.1, 0.15) is 37.1 Å². The van der Waals surface area contributed by atoms with Gasteiger partial charge in [-0.2, -0.15) is 9.78 Å². The number of aromatic nitrogens is 3. The Bertz CT molecular complexity index is 891. The summed E-state index contributed by atoms with van der Waals surface area (Å²) < 4.78 is 27.9. The van der Waals surface area contributed by atoms with Gasteiger partial charge in [0, 0.05) is 19.0 Å². The average molecular weight is 364 g/mol. The molecule has 0 radical (unpaired) electrons. The summed E-state index contributed by atoms with van der Waals surface area (Å²) in [5.74, 6) is 0.387. The molecule has 2 heterocycles. The monoisotopic (exact) mass is 364 g/mol. The normalized spacial score (nSPS) is 18.4. The second-order valence-corrected chi connectivity index (χ2v) is 8.44. The number of benzene rings is 1. The highest BCUT2D eigenvalue weighted by Gasteiger charge is 2.25. The summed E-state index contributed by atoms with van der Waals surface area (Å²) in [7, 11) is -3.62. The highest BCUT2D eigenvalue weighted by Crippen LogP contribution is 2.21. The first kappa shape index (κ1) is 17.9. The van der Waals surface area contributed by atoms with Gasteiger partial charge >= 0.3 is 5.69 Å². The third kappa shape index (κ3) is 3.69. The molecular weight excluding hydrogens is 340 g/mol. The highest BCUT2D eigenvalue weighted by molar-refractivity contribution is 7.90. The summed E-state index contributed by atoms with van der Waals surface area (Å²) in [4.78, 5) is 12.8. The molecule has 1 aromatic heterocycles. The smallest absolute Gasteiger partial charge is 0.316 e. The number of piperidine rings is 1. The van der Waals surface area contributed by atoms with Gasteiger partial charge in [0.1, 0.15) is 5.82 Å². The molecule has 0 spiro atoms. The van der Waals surface area contributed by atoms with Crippen LogP contribution in [0.2, 0.25) is 0 Å². The van der Waals surface area contributed by atoms with Crippen molar-refractivity contribution >= 4 is 9.84 Å². The molecule has 1 fully saturated rings. The predicted octanol–water partition coefficient (Wildman–Crippen LogP) is 1.27.